The molecule has 0 fully saturated rings. The minimum Gasteiger partial charge on any atom is -0.478 e. The summed E-state index contributed by atoms with van der Waals surface area (Å²) in [5.74, 6) is 0.466. The first-order chi connectivity index (χ1) is 28.4. The van der Waals surface area contributed by atoms with Gasteiger partial charge in [0.05, 0.1) is 16.6 Å². The molecule has 60 heavy (non-hydrogen) atoms. The summed E-state index contributed by atoms with van der Waals surface area (Å²) < 4.78 is 12.6. The number of nitrogens with one attached hydrogen (secondary N) is 3. The maximum absolute atomic E-state index is 12.7. The van der Waals surface area contributed by atoms with Crippen molar-refractivity contribution in [1.29, 1.82) is 0 Å². The Labute approximate surface area is 354 Å². The van der Waals surface area contributed by atoms with Gasteiger partial charge in [0, 0.05) is 45.0 Å². The number of carbonyl (C=O) groups excluding carboxylic acids is 3. The van der Waals surface area contributed by atoms with E-state index in [-0.39, 0.29) is 12.9 Å². The number of aromatic nitrogens is 3. The van der Waals surface area contributed by atoms with Gasteiger partial charge in [-0.25, -0.2) is 24.4 Å². The van der Waals surface area contributed by atoms with Crippen LogP contribution in [0.5, 0.6) is 0 Å². The summed E-state index contributed by atoms with van der Waals surface area (Å²) in [5.41, 5.74) is 10.8. The summed E-state index contributed by atoms with van der Waals surface area (Å²) in [6, 6.07) is 22.1. The monoisotopic (exact) mass is 826 g/mol. The number of amides is 3. The van der Waals surface area contributed by atoms with Gasteiger partial charge in [0.25, 0.3) is 5.91 Å². The van der Waals surface area contributed by atoms with Crippen molar-refractivity contribution in [2.45, 2.75) is 111 Å². The number of pyridine rings is 1. The van der Waals surface area contributed by atoms with Gasteiger partial charge < -0.3 is 40.8 Å². The number of nitrogen functional groups attached to an aromatic ring is 1. The van der Waals surface area contributed by atoms with Gasteiger partial charge in [-0.2, -0.15) is 0 Å². The molecule has 0 radical (unpaired) electrons. The highest BCUT2D eigenvalue weighted by Crippen LogP contribution is 2.29. The van der Waals surface area contributed by atoms with E-state index < -0.39 is 29.4 Å². The van der Waals surface area contributed by atoms with Gasteiger partial charge in [-0.05, 0) is 115 Å². The number of aryl methyl sites for hydroxylation is 2. The second-order valence-electron chi connectivity index (χ2n) is 16.5. The number of unbranched alkanes of at least 4 members (excludes halogenated alkanes) is 2. The van der Waals surface area contributed by atoms with Gasteiger partial charge in [-0.1, -0.05) is 55.8 Å². The van der Waals surface area contributed by atoms with E-state index >= 15 is 0 Å². The molecule has 2 aromatic heterocycles. The number of aromatic carboxylic acids is 1. The van der Waals surface area contributed by atoms with Crippen molar-refractivity contribution < 1.29 is 35.2 Å². The highest BCUT2D eigenvalue weighted by molar-refractivity contribution is 6.06. The van der Waals surface area contributed by atoms with Crippen LogP contribution < -0.4 is 21.7 Å². The molecule has 324 valence electrons. The van der Waals surface area contributed by atoms with Crippen LogP contribution in [0.3, 0.4) is 0 Å². The molecule has 0 saturated carbocycles. The average molecular weight is 827 g/mol. The number of benzene rings is 3. The summed E-state index contributed by atoms with van der Waals surface area (Å²) in [6.45, 7) is 15.4. The Hall–Kier alpha value is -6.18. The minimum atomic E-state index is -0.946. The van der Waals surface area contributed by atoms with Crippen molar-refractivity contribution in [2.24, 2.45) is 0 Å². The quantitative estimate of drug-likeness (QED) is 0.0601. The summed E-state index contributed by atoms with van der Waals surface area (Å²) >= 11 is 0. The van der Waals surface area contributed by atoms with E-state index in [9.17, 15) is 19.2 Å². The minimum absolute atomic E-state index is 0. The lowest BCUT2D eigenvalue weighted by Crippen LogP contribution is -2.33. The zero-order valence-electron chi connectivity index (χ0n) is 36.0. The highest BCUT2D eigenvalue weighted by atomic mass is 16.6. The van der Waals surface area contributed by atoms with Crippen LogP contribution in [-0.4, -0.2) is 74.5 Å². The third-order valence-electron chi connectivity index (χ3n) is 9.12. The molecule has 3 aromatic carbocycles. The predicted octanol–water partition coefficient (Wildman–Crippen LogP) is 8.48. The smallest absolute Gasteiger partial charge is 0.407 e. The van der Waals surface area contributed by atoms with Gasteiger partial charge in [0.2, 0.25) is 0 Å². The number of rotatable bonds is 16. The zero-order valence-corrected chi connectivity index (χ0v) is 36.0. The average Bonchev–Trinajstić information content (AvgIpc) is 3.55. The number of hydrogen-bond donors (Lipinski definition) is 5. The summed E-state index contributed by atoms with van der Waals surface area (Å²) in [7, 11) is 0. The topological polar surface area (TPSA) is 200 Å². The Bertz CT molecular complexity index is 2210. The second kappa shape index (κ2) is 21.7. The molecule has 0 aliphatic heterocycles. The number of hydrogen-bond acceptors (Lipinski definition) is 9. The molecule has 3 amide bonds. The molecule has 0 atom stereocenters. The Morgan fingerprint density at radius 2 is 1.25 bits per heavy atom. The fourth-order valence-electron chi connectivity index (χ4n) is 6.25. The fourth-order valence-corrected chi connectivity index (χ4v) is 6.25. The van der Waals surface area contributed by atoms with Crippen molar-refractivity contribution in [3.8, 4) is 0 Å². The van der Waals surface area contributed by atoms with Crippen molar-refractivity contribution in [3.05, 3.63) is 101 Å². The first kappa shape index (κ1) is 46.5. The number of nitrogens with two attached hydrogens (primary N) is 1. The normalized spacial score (nSPS) is 11.4. The van der Waals surface area contributed by atoms with E-state index in [1.165, 1.54) is 0 Å². The third kappa shape index (κ3) is 14.9. The molecule has 14 heteroatoms. The van der Waals surface area contributed by atoms with E-state index in [1.54, 1.807) is 45.0 Å². The molecule has 0 bridgehead atoms. The van der Waals surface area contributed by atoms with Crippen molar-refractivity contribution in [2.75, 3.05) is 25.4 Å². The van der Waals surface area contributed by atoms with E-state index in [0.717, 1.165) is 77.5 Å². The lowest BCUT2D eigenvalue weighted by Gasteiger charge is -2.19. The molecule has 0 spiro atoms. The van der Waals surface area contributed by atoms with Crippen LogP contribution in [0.15, 0.2) is 72.8 Å². The molecule has 6 N–H and O–H groups in total. The van der Waals surface area contributed by atoms with Gasteiger partial charge in [-0.15, -0.1) is 0 Å². The number of alkyl carbamates (subject to hydrolysis) is 2. The Morgan fingerprint density at radius 3 is 1.78 bits per heavy atom. The molecule has 0 aliphatic carbocycles. The van der Waals surface area contributed by atoms with Crippen molar-refractivity contribution in [1.82, 2.24) is 30.5 Å². The SMILES string of the molecule is CC(C)(C)OC(=O)NCCc1ccc(C(=O)O)cc1.CCCCc1nc2c(N)nc3ccccc3c2n1CCCCNC(=O)c1ccc(CCNC(=O)OC(C)(C)C)cc1.[2HH]. The number of carboxylic acids is 1. The van der Waals surface area contributed by atoms with Gasteiger partial charge >= 0.3 is 18.2 Å². The molecule has 5 aromatic rings. The van der Waals surface area contributed by atoms with Crippen LogP contribution in [-0.2, 0) is 35.3 Å². The number of nitrogens with zero attached hydrogens (tertiary/aromatic N) is 3. The Balaban J connectivity index is 0.000000418. The zero-order chi connectivity index (χ0) is 43.9. The highest BCUT2D eigenvalue weighted by Gasteiger charge is 2.18. The van der Waals surface area contributed by atoms with Crippen molar-refractivity contribution >= 4 is 51.8 Å². The molecule has 14 nitrogen and oxygen atoms in total. The molecule has 0 unspecified atom stereocenters. The van der Waals surface area contributed by atoms with E-state index in [0.29, 0.717) is 43.9 Å². The third-order valence-corrected chi connectivity index (χ3v) is 9.12. The molecular weight excluding hydrogens is 763 g/mol. The lowest BCUT2D eigenvalue weighted by atomic mass is 10.1. The molecule has 0 aliphatic rings. The largest absolute Gasteiger partial charge is 0.478 e. The number of para-hydroxylation sites is 1. The van der Waals surface area contributed by atoms with E-state index in [1.807, 2.05) is 63.2 Å². The van der Waals surface area contributed by atoms with Crippen LogP contribution in [0.1, 0.15) is 113 Å². The van der Waals surface area contributed by atoms with Gasteiger partial charge in [0.1, 0.15) is 22.5 Å². The summed E-state index contributed by atoms with van der Waals surface area (Å²) in [5, 5.41) is 18.3. The first-order valence-electron chi connectivity index (χ1n) is 20.6. The van der Waals surface area contributed by atoms with Crippen molar-refractivity contribution in [3.63, 3.8) is 0 Å². The molecular formula is C46H63N7O7. The summed E-state index contributed by atoms with van der Waals surface area (Å²) in [6.07, 6.45) is 5.17. The maximum Gasteiger partial charge on any atom is 0.407 e. The maximum atomic E-state index is 12.7. The number of ether oxygens (including phenoxy) is 2. The molecule has 0 saturated heterocycles. The van der Waals surface area contributed by atoms with Crippen LogP contribution in [0.2, 0.25) is 0 Å². The number of fused-ring (bicyclic) bond motifs is 3. The van der Waals surface area contributed by atoms with E-state index in [2.05, 4.69) is 38.5 Å². The van der Waals surface area contributed by atoms with Crippen LogP contribution in [0.4, 0.5) is 15.4 Å². The standard InChI is InChI=1S/C32H42N6O3.C14H19NO4.H2/c1-5-6-13-26-37-27-28(24-11-7-8-12-25(24)36-29(27)33)38(26)21-10-9-19-34-30(39)23-16-14-22(15-17-23)18-20-35-31(40)41-32(2,3)4;1-14(2,3)19-13(18)15-9-8-10-4-6-11(7-5-10)12(16)17;/h7-8,11-12,14-17H,5-6,9-10,13,18-21H2,1-4H3,(H2,33,36)(H,34,39)(H,35,40);4-7H,8-9H2,1-3H3,(H,15,18)(H,16,17);1H/i;;1+1. The Morgan fingerprint density at radius 1 is 0.700 bits per heavy atom. The molecule has 5 rings (SSSR count). The molecule has 2 heterocycles. The van der Waals surface area contributed by atoms with E-state index in [4.69, 9.17) is 25.3 Å². The van der Waals surface area contributed by atoms with Crippen LogP contribution in [0.25, 0.3) is 21.9 Å². The number of imidazole rings is 1. The lowest BCUT2D eigenvalue weighted by molar-refractivity contribution is 0.0517. The van der Waals surface area contributed by atoms with Gasteiger partial charge in [-0.3, -0.25) is 4.79 Å². The van der Waals surface area contributed by atoms with Gasteiger partial charge in [0.15, 0.2) is 5.82 Å². The number of anilines is 1. The predicted molar refractivity (Wildman–Crippen MR) is 237 cm³/mol. The summed E-state index contributed by atoms with van der Waals surface area (Å²) in [4.78, 5) is 56.0. The number of carbonyl (C=O) groups is 4. The van der Waals surface area contributed by atoms with Crippen LogP contribution >= 0.6 is 0 Å². The Kier molecular flexibility index (Phi) is 16.8. The first-order valence-corrected chi connectivity index (χ1v) is 20.6. The van der Waals surface area contributed by atoms with Crippen LogP contribution in [0, 0.1) is 0 Å². The number of carboxylic acid groups (broad SMARTS) is 1. The second-order valence-corrected chi connectivity index (χ2v) is 16.5. The fraction of sp³-hybridized carbons (Fsp3) is 0.435.